The topological polar surface area (TPSA) is 151 Å². The Bertz CT molecular complexity index is 424. The second kappa shape index (κ2) is 8.20. The lowest BCUT2D eigenvalue weighted by Gasteiger charge is -2.19. The Morgan fingerprint density at radius 2 is 1.10 bits per heavy atom. The van der Waals surface area contributed by atoms with E-state index in [4.69, 9.17) is 10.8 Å². The predicted octanol–water partition coefficient (Wildman–Crippen LogP) is -2.07. The molecule has 0 saturated carbocycles. The molecule has 0 rings (SSSR count). The summed E-state index contributed by atoms with van der Waals surface area (Å²) in [6, 6.07) is -3.62. The molecule has 0 aromatic rings. The van der Waals surface area contributed by atoms with Gasteiger partial charge < -0.3 is 26.8 Å². The zero-order valence-corrected chi connectivity index (χ0v) is 12.5. The van der Waals surface area contributed by atoms with Gasteiger partial charge in [-0.25, -0.2) is 0 Å². The van der Waals surface area contributed by atoms with Gasteiger partial charge in [0.15, 0.2) is 0 Å². The number of nitrogens with two attached hydrogens (primary N) is 1. The van der Waals surface area contributed by atoms with Gasteiger partial charge in [0.05, 0.1) is 6.04 Å². The van der Waals surface area contributed by atoms with E-state index in [1.807, 2.05) is 0 Å². The van der Waals surface area contributed by atoms with Gasteiger partial charge >= 0.3 is 5.97 Å². The van der Waals surface area contributed by atoms with E-state index in [0.717, 1.165) is 0 Å². The van der Waals surface area contributed by atoms with E-state index in [-0.39, 0.29) is 0 Å². The maximum atomic E-state index is 11.8. The smallest absolute Gasteiger partial charge is 0.325 e. The van der Waals surface area contributed by atoms with Crippen LogP contribution >= 0.6 is 0 Å². The third-order valence-corrected chi connectivity index (χ3v) is 2.65. The van der Waals surface area contributed by atoms with E-state index >= 15 is 0 Å². The summed E-state index contributed by atoms with van der Waals surface area (Å²) in [6.07, 6.45) is 0. The number of carbonyl (C=O) groups excluding carboxylic acids is 3. The van der Waals surface area contributed by atoms with Crippen molar-refractivity contribution in [2.75, 3.05) is 0 Å². The fourth-order valence-corrected chi connectivity index (χ4v) is 1.21. The van der Waals surface area contributed by atoms with Crippen LogP contribution in [0.2, 0.25) is 0 Å². The maximum absolute atomic E-state index is 11.8. The Labute approximate surface area is 122 Å². The third kappa shape index (κ3) is 6.70. The monoisotopic (exact) mass is 306 g/mol. The van der Waals surface area contributed by atoms with Crippen molar-refractivity contribution < 1.29 is 24.3 Å². The van der Waals surface area contributed by atoms with Gasteiger partial charge in [0.2, 0.25) is 17.7 Å². The molecule has 6 N–H and O–H groups in total. The van der Waals surface area contributed by atoms with Gasteiger partial charge in [0, 0.05) is 0 Å². The average Bonchev–Trinajstić information content (AvgIpc) is 2.37. The molecule has 0 unspecified atom stereocenters. The molecule has 120 valence electrons. The number of carboxylic acid groups (broad SMARTS) is 1. The third-order valence-electron chi connectivity index (χ3n) is 2.65. The summed E-state index contributed by atoms with van der Waals surface area (Å²) in [7, 11) is 0. The standard InChI is InChI=1S/C12H22N4O5/c1-5(13)9(17)14-6(2)10(18)15-7(3)11(19)16-8(4)12(20)21/h5-8H,13H2,1-4H3,(H,14,17)(H,15,18)(H,16,19)(H,20,21)/t5-,6-,7-,8-/m0/s1/i4+1,8+1,12+1,16+1. The van der Waals surface area contributed by atoms with E-state index < -0.39 is 47.9 Å². The molecule has 0 aliphatic carbocycles. The van der Waals surface area contributed by atoms with Crippen LogP contribution in [0.5, 0.6) is 0 Å². The van der Waals surface area contributed by atoms with Crippen molar-refractivity contribution in [1.82, 2.24) is 16.0 Å². The minimum Gasteiger partial charge on any atom is -0.480 e. The SMILES string of the molecule is C[C@H](N)C(=O)N[C@@H](C)C(=O)N[C@@H](C)C(=O)[15NH][13C@@H]([13CH3])[13C](=O)O. The van der Waals surface area contributed by atoms with Gasteiger partial charge in [-0.2, -0.15) is 0 Å². The summed E-state index contributed by atoms with van der Waals surface area (Å²) in [5.41, 5.74) is 5.35. The van der Waals surface area contributed by atoms with Crippen molar-refractivity contribution in [2.45, 2.75) is 51.9 Å². The van der Waals surface area contributed by atoms with Crippen LogP contribution in [0.25, 0.3) is 0 Å². The van der Waals surface area contributed by atoms with Crippen LogP contribution in [-0.2, 0) is 19.2 Å². The van der Waals surface area contributed by atoms with Gasteiger partial charge in [-0.05, 0) is 27.7 Å². The lowest BCUT2D eigenvalue weighted by molar-refractivity contribution is -0.141. The molecule has 0 aliphatic rings. The lowest BCUT2D eigenvalue weighted by atomic mass is 10.2. The Hall–Kier alpha value is -2.16. The van der Waals surface area contributed by atoms with Crippen LogP contribution < -0.4 is 21.7 Å². The minimum absolute atomic E-state index is 0.491. The van der Waals surface area contributed by atoms with Crippen LogP contribution in [0.1, 0.15) is 27.7 Å². The first-order valence-electron chi connectivity index (χ1n) is 6.45. The van der Waals surface area contributed by atoms with E-state index in [1.165, 1.54) is 27.7 Å². The maximum Gasteiger partial charge on any atom is 0.325 e. The van der Waals surface area contributed by atoms with Gasteiger partial charge in [0.25, 0.3) is 0 Å². The van der Waals surface area contributed by atoms with Crippen LogP contribution in [0, 0.1) is 0 Å². The van der Waals surface area contributed by atoms with Gasteiger partial charge in [-0.3, -0.25) is 19.2 Å². The zero-order chi connectivity index (χ0) is 16.7. The molecule has 0 aliphatic heterocycles. The normalized spacial score (nSPS) is 16.0. The molecule has 9 nitrogen and oxygen atoms in total. The van der Waals surface area contributed by atoms with Crippen molar-refractivity contribution in [3.8, 4) is 0 Å². The molecule has 0 heterocycles. The van der Waals surface area contributed by atoms with Gasteiger partial charge in [-0.15, -0.1) is 0 Å². The lowest BCUT2D eigenvalue weighted by Crippen LogP contribution is -2.54. The average molecular weight is 306 g/mol. The quantitative estimate of drug-likeness (QED) is 0.269. The first-order chi connectivity index (χ1) is 9.56. The number of hydrogen-bond acceptors (Lipinski definition) is 5. The molecule has 4 atom stereocenters. The van der Waals surface area contributed by atoms with Crippen LogP contribution in [0.3, 0.4) is 0 Å². The number of nitrogens with one attached hydrogen (secondary N) is 3. The Morgan fingerprint density at radius 3 is 1.43 bits per heavy atom. The number of amides is 3. The molecule has 21 heavy (non-hydrogen) atoms. The van der Waals surface area contributed by atoms with E-state index in [0.29, 0.717) is 0 Å². The number of hydrogen-bond donors (Lipinski definition) is 5. The minimum atomic E-state index is -1.18. The second-order valence-electron chi connectivity index (χ2n) is 4.82. The highest BCUT2D eigenvalue weighted by molar-refractivity contribution is 5.93. The highest BCUT2D eigenvalue weighted by Gasteiger charge is 2.23. The summed E-state index contributed by atoms with van der Waals surface area (Å²) in [4.78, 5) is 45.4. The summed E-state index contributed by atoms with van der Waals surface area (Å²) in [5, 5.41) is 15.6. The Kier molecular flexibility index (Phi) is 7.36. The second-order valence-corrected chi connectivity index (χ2v) is 4.82. The van der Waals surface area contributed by atoms with Crippen molar-refractivity contribution in [3.05, 3.63) is 0 Å². The van der Waals surface area contributed by atoms with Crippen molar-refractivity contribution in [1.29, 1.82) is 0 Å². The molecule has 3 amide bonds. The first kappa shape index (κ1) is 18.8. The molecule has 0 aromatic heterocycles. The molecule has 9 heteroatoms. The molecule has 0 bridgehead atoms. The molecule has 0 fully saturated rings. The predicted molar refractivity (Wildman–Crippen MR) is 74.1 cm³/mol. The number of rotatable bonds is 7. The van der Waals surface area contributed by atoms with E-state index in [9.17, 15) is 19.2 Å². The van der Waals surface area contributed by atoms with E-state index in [2.05, 4.69) is 16.0 Å². The van der Waals surface area contributed by atoms with Crippen molar-refractivity contribution in [3.63, 3.8) is 0 Å². The van der Waals surface area contributed by atoms with Crippen molar-refractivity contribution >= 4 is 23.7 Å². The molecule has 0 spiro atoms. The highest BCUT2D eigenvalue weighted by Crippen LogP contribution is 1.91. The van der Waals surface area contributed by atoms with Gasteiger partial charge in [0.1, 0.15) is 18.1 Å². The Balaban J connectivity index is 4.40. The number of carbonyl (C=O) groups is 4. The summed E-state index contributed by atoms with van der Waals surface area (Å²) >= 11 is 0. The first-order valence-corrected chi connectivity index (χ1v) is 6.45. The fraction of sp³-hybridized carbons (Fsp3) is 0.667. The number of carboxylic acids is 1. The summed E-state index contributed by atoms with van der Waals surface area (Å²) in [5.74, 6) is -2.88. The Morgan fingerprint density at radius 1 is 0.762 bits per heavy atom. The largest absolute Gasteiger partial charge is 0.480 e. The molecule has 0 aromatic carbocycles. The summed E-state index contributed by atoms with van der Waals surface area (Å²) in [6.45, 7) is 5.63. The molecule has 0 radical (unpaired) electrons. The van der Waals surface area contributed by atoms with Crippen LogP contribution in [0.4, 0.5) is 0 Å². The molecular formula is C12H22N4O5. The van der Waals surface area contributed by atoms with Crippen molar-refractivity contribution in [2.24, 2.45) is 5.73 Å². The zero-order valence-electron chi connectivity index (χ0n) is 12.5. The van der Waals surface area contributed by atoms with Crippen LogP contribution in [0.15, 0.2) is 0 Å². The number of aliphatic carboxylic acids is 1. The van der Waals surface area contributed by atoms with Gasteiger partial charge in [-0.1, -0.05) is 0 Å². The summed E-state index contributed by atoms with van der Waals surface area (Å²) < 4.78 is 0. The van der Waals surface area contributed by atoms with E-state index in [1.54, 1.807) is 0 Å². The van der Waals surface area contributed by atoms with Crippen LogP contribution in [-0.4, -0.2) is 53.0 Å². The fourth-order valence-electron chi connectivity index (χ4n) is 1.21. The molecule has 0 saturated heterocycles. The highest BCUT2D eigenvalue weighted by atomic mass is 16.5. The molecular weight excluding hydrogens is 284 g/mol.